The molecule has 1 aromatic heterocycles. The number of anilines is 1. The molecule has 1 heterocycles. The van der Waals surface area contributed by atoms with Crippen molar-refractivity contribution in [2.24, 2.45) is 0 Å². The van der Waals surface area contributed by atoms with Gasteiger partial charge in [0.2, 0.25) is 0 Å². The van der Waals surface area contributed by atoms with E-state index in [1.54, 1.807) is 0 Å². The lowest BCUT2D eigenvalue weighted by molar-refractivity contribution is -0.136. The van der Waals surface area contributed by atoms with Crippen molar-refractivity contribution in [1.82, 2.24) is 9.59 Å². The molecule has 1 aromatic carbocycles. The van der Waals surface area contributed by atoms with Gasteiger partial charge in [-0.1, -0.05) is 4.49 Å². The van der Waals surface area contributed by atoms with E-state index < -0.39 is 22.4 Å². The SMILES string of the molecule is COc1ccc(S(=O)(=O)Nc2cnns2)c(CC(=O)O)c1. The third kappa shape index (κ3) is 3.67. The topological polar surface area (TPSA) is 118 Å². The molecule has 21 heavy (non-hydrogen) atoms. The monoisotopic (exact) mass is 329 g/mol. The van der Waals surface area contributed by atoms with Crippen molar-refractivity contribution < 1.29 is 23.1 Å². The lowest BCUT2D eigenvalue weighted by Crippen LogP contribution is -2.16. The fourth-order valence-electron chi connectivity index (χ4n) is 1.65. The maximum absolute atomic E-state index is 12.3. The van der Waals surface area contributed by atoms with Gasteiger partial charge in [-0.3, -0.25) is 9.52 Å². The Kier molecular flexibility index (Phi) is 4.38. The molecule has 0 unspecified atom stereocenters. The molecular formula is C11H11N3O5S2. The van der Waals surface area contributed by atoms with Crippen LogP contribution >= 0.6 is 11.5 Å². The quantitative estimate of drug-likeness (QED) is 0.810. The summed E-state index contributed by atoms with van der Waals surface area (Å²) in [7, 11) is -2.51. The summed E-state index contributed by atoms with van der Waals surface area (Å²) in [5.41, 5.74) is 0.131. The van der Waals surface area contributed by atoms with Gasteiger partial charge in [0.1, 0.15) is 10.8 Å². The highest BCUT2D eigenvalue weighted by molar-refractivity contribution is 7.93. The molecule has 0 radical (unpaired) electrons. The third-order valence-electron chi connectivity index (χ3n) is 2.50. The Morgan fingerprint density at radius 1 is 1.48 bits per heavy atom. The Balaban J connectivity index is 2.43. The molecule has 0 saturated heterocycles. The molecule has 10 heteroatoms. The first kappa shape index (κ1) is 15.2. The molecule has 0 spiro atoms. The van der Waals surface area contributed by atoms with E-state index in [1.807, 2.05) is 0 Å². The predicted molar refractivity (Wildman–Crippen MR) is 75.1 cm³/mol. The molecule has 8 nitrogen and oxygen atoms in total. The lowest BCUT2D eigenvalue weighted by atomic mass is 10.1. The number of carboxylic acid groups (broad SMARTS) is 1. The van der Waals surface area contributed by atoms with E-state index >= 15 is 0 Å². The molecule has 112 valence electrons. The van der Waals surface area contributed by atoms with Gasteiger partial charge in [0.15, 0.2) is 0 Å². The number of ether oxygens (including phenoxy) is 1. The lowest BCUT2D eigenvalue weighted by Gasteiger charge is -2.11. The van der Waals surface area contributed by atoms with Crippen LogP contribution in [0.1, 0.15) is 5.56 Å². The number of hydrogen-bond donors (Lipinski definition) is 2. The standard InChI is InChI=1S/C11H11N3O5S2/c1-19-8-2-3-9(7(4-8)5-11(15)16)21(17,18)13-10-6-12-14-20-10/h2-4,6,13H,5H2,1H3,(H,15,16). The Hall–Kier alpha value is -2.20. The van der Waals surface area contributed by atoms with Crippen LogP contribution in [0.2, 0.25) is 0 Å². The molecule has 2 N–H and O–H groups in total. The van der Waals surface area contributed by atoms with Crippen LogP contribution in [0.15, 0.2) is 29.3 Å². The number of aromatic nitrogens is 2. The van der Waals surface area contributed by atoms with Crippen molar-refractivity contribution in [2.45, 2.75) is 11.3 Å². The molecule has 0 aliphatic carbocycles. The molecule has 2 rings (SSSR count). The second-order valence-electron chi connectivity index (χ2n) is 3.93. The fourth-order valence-corrected chi connectivity index (χ4v) is 3.55. The van der Waals surface area contributed by atoms with Gasteiger partial charge in [-0.25, -0.2) is 8.42 Å². The Morgan fingerprint density at radius 3 is 2.81 bits per heavy atom. The summed E-state index contributed by atoms with van der Waals surface area (Å²) in [6, 6.07) is 4.13. The smallest absolute Gasteiger partial charge is 0.307 e. The third-order valence-corrected chi connectivity index (χ3v) is 4.67. The summed E-state index contributed by atoms with van der Waals surface area (Å²) < 4.78 is 35.4. The minimum absolute atomic E-state index is 0.126. The van der Waals surface area contributed by atoms with Gasteiger partial charge >= 0.3 is 5.97 Å². The zero-order valence-corrected chi connectivity index (χ0v) is 12.4. The number of benzene rings is 1. The van der Waals surface area contributed by atoms with Gasteiger partial charge in [0, 0.05) is 11.5 Å². The second-order valence-corrected chi connectivity index (χ2v) is 6.37. The van der Waals surface area contributed by atoms with E-state index in [4.69, 9.17) is 9.84 Å². The average molecular weight is 329 g/mol. The fraction of sp³-hybridized carbons (Fsp3) is 0.182. The Bertz CT molecular complexity index is 743. The number of carboxylic acids is 1. The summed E-state index contributed by atoms with van der Waals surface area (Å²) in [5, 5.41) is 12.7. The van der Waals surface area contributed by atoms with Gasteiger partial charge in [-0.15, -0.1) is 5.10 Å². The van der Waals surface area contributed by atoms with Crippen molar-refractivity contribution in [3.63, 3.8) is 0 Å². The van der Waals surface area contributed by atoms with Crippen LogP contribution in [0.4, 0.5) is 5.00 Å². The number of methoxy groups -OCH3 is 1. The molecule has 0 aliphatic rings. The number of nitrogens with one attached hydrogen (secondary N) is 1. The number of rotatable bonds is 6. The van der Waals surface area contributed by atoms with E-state index in [0.29, 0.717) is 5.75 Å². The van der Waals surface area contributed by atoms with Crippen LogP contribution in [0, 0.1) is 0 Å². The summed E-state index contributed by atoms with van der Waals surface area (Å²) in [4.78, 5) is 10.8. The average Bonchev–Trinajstić information content (AvgIpc) is 2.89. The zero-order chi connectivity index (χ0) is 15.5. The number of hydrogen-bond acceptors (Lipinski definition) is 7. The minimum atomic E-state index is -3.92. The predicted octanol–water partition coefficient (Wildman–Crippen LogP) is 0.975. The van der Waals surface area contributed by atoms with Crippen molar-refractivity contribution in [3.05, 3.63) is 30.0 Å². The molecule has 2 aromatic rings. The maximum atomic E-state index is 12.3. The first-order chi connectivity index (χ1) is 9.92. The number of nitrogens with zero attached hydrogens (tertiary/aromatic N) is 2. The molecule has 0 aliphatic heterocycles. The zero-order valence-electron chi connectivity index (χ0n) is 10.8. The normalized spacial score (nSPS) is 11.1. The Labute approximate surface area is 124 Å². The number of sulfonamides is 1. The summed E-state index contributed by atoms with van der Waals surface area (Å²) >= 11 is 0.879. The van der Waals surface area contributed by atoms with Gasteiger partial charge < -0.3 is 9.84 Å². The second kappa shape index (κ2) is 6.06. The number of aliphatic carboxylic acids is 1. The highest BCUT2D eigenvalue weighted by atomic mass is 32.2. The summed E-state index contributed by atoms with van der Waals surface area (Å²) in [5.74, 6) is -0.760. The van der Waals surface area contributed by atoms with Crippen LogP contribution < -0.4 is 9.46 Å². The van der Waals surface area contributed by atoms with E-state index in [-0.39, 0.29) is 15.5 Å². The van der Waals surface area contributed by atoms with E-state index in [2.05, 4.69) is 14.3 Å². The van der Waals surface area contributed by atoms with Gasteiger partial charge in [0.05, 0.1) is 24.6 Å². The van der Waals surface area contributed by atoms with Crippen molar-refractivity contribution in [3.8, 4) is 5.75 Å². The highest BCUT2D eigenvalue weighted by Gasteiger charge is 2.21. The van der Waals surface area contributed by atoms with E-state index in [1.165, 1.54) is 31.5 Å². The van der Waals surface area contributed by atoms with Gasteiger partial charge in [0.25, 0.3) is 10.0 Å². The molecule has 0 amide bonds. The molecular weight excluding hydrogens is 318 g/mol. The molecule has 0 atom stereocenters. The van der Waals surface area contributed by atoms with Crippen LogP contribution in [0.3, 0.4) is 0 Å². The van der Waals surface area contributed by atoms with Crippen LogP contribution in [-0.2, 0) is 21.2 Å². The van der Waals surface area contributed by atoms with Gasteiger partial charge in [-0.2, -0.15) is 0 Å². The maximum Gasteiger partial charge on any atom is 0.307 e. The molecule has 0 fully saturated rings. The first-order valence-corrected chi connectivity index (χ1v) is 7.87. The molecule has 0 bridgehead atoms. The van der Waals surface area contributed by atoms with E-state index in [9.17, 15) is 13.2 Å². The van der Waals surface area contributed by atoms with Crippen molar-refractivity contribution in [2.75, 3.05) is 11.8 Å². The summed E-state index contributed by atoms with van der Waals surface area (Å²) in [6.45, 7) is 0. The van der Waals surface area contributed by atoms with Crippen LogP contribution in [-0.4, -0.2) is 36.2 Å². The minimum Gasteiger partial charge on any atom is -0.497 e. The van der Waals surface area contributed by atoms with Crippen molar-refractivity contribution >= 4 is 32.5 Å². The largest absolute Gasteiger partial charge is 0.497 e. The van der Waals surface area contributed by atoms with Crippen LogP contribution in [0.25, 0.3) is 0 Å². The van der Waals surface area contributed by atoms with Gasteiger partial charge in [-0.05, 0) is 23.8 Å². The highest BCUT2D eigenvalue weighted by Crippen LogP contribution is 2.25. The number of carbonyl (C=O) groups is 1. The summed E-state index contributed by atoms with van der Waals surface area (Å²) in [6.07, 6.45) is 0.830. The van der Waals surface area contributed by atoms with E-state index in [0.717, 1.165) is 11.5 Å². The molecule has 0 saturated carbocycles. The van der Waals surface area contributed by atoms with Crippen LogP contribution in [0.5, 0.6) is 5.75 Å². The Morgan fingerprint density at radius 2 is 2.24 bits per heavy atom. The first-order valence-electron chi connectivity index (χ1n) is 5.61. The van der Waals surface area contributed by atoms with Crippen molar-refractivity contribution in [1.29, 1.82) is 0 Å².